The zero-order valence-electron chi connectivity index (χ0n) is 6.40. The van der Waals surface area contributed by atoms with Crippen LogP contribution >= 0.6 is 0 Å². The van der Waals surface area contributed by atoms with Crippen LogP contribution in [0.2, 0.25) is 0 Å². The minimum Gasteiger partial charge on any atom is -0.347 e. The fourth-order valence-corrected chi connectivity index (χ4v) is 1.20. The van der Waals surface area contributed by atoms with Crippen LogP contribution in [0.1, 0.15) is 0 Å². The predicted molar refractivity (Wildman–Crippen MR) is 45.6 cm³/mol. The van der Waals surface area contributed by atoms with Crippen LogP contribution in [0.25, 0.3) is 11.0 Å². The molecular formula is C7H5N3O3. The molecule has 0 spiro atoms. The first-order valence-electron chi connectivity index (χ1n) is 3.53. The number of hydrogen-bond acceptors (Lipinski definition) is 3. The molecule has 0 radical (unpaired) electrons. The van der Waals surface area contributed by atoms with E-state index in [0.717, 1.165) is 0 Å². The molecule has 0 atom stereocenters. The van der Waals surface area contributed by atoms with Crippen LogP contribution in [-0.2, 0) is 0 Å². The summed E-state index contributed by atoms with van der Waals surface area (Å²) in [5.41, 5.74) is -0.183. The number of nitrogens with zero attached hydrogens (tertiary/aromatic N) is 1. The van der Waals surface area contributed by atoms with Crippen molar-refractivity contribution in [3.8, 4) is 0 Å². The van der Waals surface area contributed by atoms with E-state index >= 15 is 0 Å². The van der Waals surface area contributed by atoms with E-state index in [-0.39, 0.29) is 16.5 Å². The molecule has 0 fully saturated rings. The van der Waals surface area contributed by atoms with Gasteiger partial charge in [-0.15, -0.1) is 0 Å². The molecule has 0 saturated heterocycles. The Labute approximate surface area is 71.4 Å². The molecule has 2 rings (SSSR count). The van der Waals surface area contributed by atoms with Gasteiger partial charge in [-0.2, -0.15) is 0 Å². The van der Waals surface area contributed by atoms with Crippen molar-refractivity contribution in [2.45, 2.75) is 0 Å². The second-order valence-corrected chi connectivity index (χ2v) is 2.52. The standard InChI is InChI=1S/C7H5N3O3/c11-5-1-2-8-7-6(5)4(3-9-7)10(12)13/h1-3H,(H2,8,9,11). The Morgan fingerprint density at radius 2 is 2.15 bits per heavy atom. The molecule has 66 valence electrons. The highest BCUT2D eigenvalue weighted by atomic mass is 16.6. The molecule has 6 nitrogen and oxygen atoms in total. The molecule has 0 amide bonds. The summed E-state index contributed by atoms with van der Waals surface area (Å²) in [5.74, 6) is 0. The second-order valence-electron chi connectivity index (χ2n) is 2.52. The van der Waals surface area contributed by atoms with Gasteiger partial charge < -0.3 is 9.97 Å². The van der Waals surface area contributed by atoms with Crippen molar-refractivity contribution in [3.05, 3.63) is 38.8 Å². The molecule has 0 unspecified atom stereocenters. The van der Waals surface area contributed by atoms with Crippen LogP contribution in [0.15, 0.2) is 23.3 Å². The molecule has 0 bridgehead atoms. The highest BCUT2D eigenvalue weighted by molar-refractivity contribution is 5.85. The smallest absolute Gasteiger partial charge is 0.300 e. The van der Waals surface area contributed by atoms with Crippen molar-refractivity contribution in [1.29, 1.82) is 0 Å². The third-order valence-electron chi connectivity index (χ3n) is 1.76. The summed E-state index contributed by atoms with van der Waals surface area (Å²) in [5, 5.41) is 10.6. The molecule has 0 aromatic carbocycles. The lowest BCUT2D eigenvalue weighted by Crippen LogP contribution is -2.00. The van der Waals surface area contributed by atoms with E-state index in [4.69, 9.17) is 0 Å². The van der Waals surface area contributed by atoms with Gasteiger partial charge in [0.1, 0.15) is 11.0 Å². The van der Waals surface area contributed by atoms with E-state index in [1.807, 2.05) is 0 Å². The lowest BCUT2D eigenvalue weighted by molar-refractivity contribution is -0.383. The number of aromatic amines is 2. The van der Waals surface area contributed by atoms with Gasteiger partial charge in [0.2, 0.25) is 0 Å². The maximum absolute atomic E-state index is 11.2. The first kappa shape index (κ1) is 7.53. The summed E-state index contributed by atoms with van der Waals surface area (Å²) in [4.78, 5) is 26.4. The summed E-state index contributed by atoms with van der Waals surface area (Å²) in [6.45, 7) is 0. The third kappa shape index (κ3) is 0.994. The molecule has 0 saturated carbocycles. The van der Waals surface area contributed by atoms with Crippen molar-refractivity contribution in [2.24, 2.45) is 0 Å². The summed E-state index contributed by atoms with van der Waals surface area (Å²) in [7, 11) is 0. The van der Waals surface area contributed by atoms with Crippen LogP contribution in [-0.4, -0.2) is 14.9 Å². The third-order valence-corrected chi connectivity index (χ3v) is 1.76. The molecule has 0 aliphatic carbocycles. The van der Waals surface area contributed by atoms with Gasteiger partial charge in [0.05, 0.1) is 11.1 Å². The molecule has 2 aromatic heterocycles. The van der Waals surface area contributed by atoms with Gasteiger partial charge in [0, 0.05) is 12.3 Å². The second kappa shape index (κ2) is 2.44. The van der Waals surface area contributed by atoms with Gasteiger partial charge in [0.15, 0.2) is 5.43 Å². The molecule has 6 heteroatoms. The Bertz CT molecular complexity index is 525. The Morgan fingerprint density at radius 3 is 2.85 bits per heavy atom. The van der Waals surface area contributed by atoms with Crippen LogP contribution < -0.4 is 5.43 Å². The Kier molecular flexibility index (Phi) is 1.42. The van der Waals surface area contributed by atoms with Crippen molar-refractivity contribution in [2.75, 3.05) is 0 Å². The molecule has 2 heterocycles. The number of rotatable bonds is 1. The Balaban J connectivity index is 2.95. The van der Waals surface area contributed by atoms with E-state index < -0.39 is 4.92 Å². The molecule has 2 aromatic rings. The number of nitrogens with one attached hydrogen (secondary N) is 2. The fraction of sp³-hybridized carbons (Fsp3) is 0. The van der Waals surface area contributed by atoms with E-state index in [1.165, 1.54) is 18.5 Å². The number of nitro groups is 1. The van der Waals surface area contributed by atoms with Crippen LogP contribution in [0.3, 0.4) is 0 Å². The largest absolute Gasteiger partial charge is 0.347 e. The lowest BCUT2D eigenvalue weighted by Gasteiger charge is -1.87. The number of H-pyrrole nitrogens is 2. The normalized spacial score (nSPS) is 10.5. The molecule has 0 aliphatic rings. The van der Waals surface area contributed by atoms with Gasteiger partial charge in [-0.3, -0.25) is 14.9 Å². The van der Waals surface area contributed by atoms with Gasteiger partial charge in [0.25, 0.3) is 5.69 Å². The zero-order valence-corrected chi connectivity index (χ0v) is 6.40. The van der Waals surface area contributed by atoms with E-state index in [2.05, 4.69) is 9.97 Å². The van der Waals surface area contributed by atoms with Gasteiger partial charge >= 0.3 is 0 Å². The first-order chi connectivity index (χ1) is 6.20. The van der Waals surface area contributed by atoms with Crippen molar-refractivity contribution in [1.82, 2.24) is 9.97 Å². The van der Waals surface area contributed by atoms with E-state index in [9.17, 15) is 14.9 Å². The molecule has 13 heavy (non-hydrogen) atoms. The summed E-state index contributed by atoms with van der Waals surface area (Å²) in [6.07, 6.45) is 2.63. The number of fused-ring (bicyclic) bond motifs is 1. The molecule has 0 aliphatic heterocycles. The van der Waals surface area contributed by atoms with E-state index in [0.29, 0.717) is 5.65 Å². The minimum atomic E-state index is -0.589. The lowest BCUT2D eigenvalue weighted by atomic mass is 10.3. The van der Waals surface area contributed by atoms with Crippen LogP contribution in [0.4, 0.5) is 5.69 Å². The van der Waals surface area contributed by atoms with Gasteiger partial charge in [-0.25, -0.2) is 0 Å². The fourth-order valence-electron chi connectivity index (χ4n) is 1.20. The predicted octanol–water partition coefficient (Wildman–Crippen LogP) is 0.764. The van der Waals surface area contributed by atoms with Crippen LogP contribution in [0.5, 0.6) is 0 Å². The number of aromatic nitrogens is 2. The Morgan fingerprint density at radius 1 is 1.38 bits per heavy atom. The molecular weight excluding hydrogens is 174 g/mol. The van der Waals surface area contributed by atoms with Crippen molar-refractivity contribution >= 4 is 16.7 Å². The highest BCUT2D eigenvalue weighted by Crippen LogP contribution is 2.19. The monoisotopic (exact) mass is 179 g/mol. The summed E-state index contributed by atoms with van der Waals surface area (Å²) in [6, 6.07) is 1.25. The summed E-state index contributed by atoms with van der Waals surface area (Å²) >= 11 is 0. The maximum atomic E-state index is 11.2. The highest BCUT2D eigenvalue weighted by Gasteiger charge is 2.16. The first-order valence-corrected chi connectivity index (χ1v) is 3.53. The number of hydrogen-bond donors (Lipinski definition) is 2. The van der Waals surface area contributed by atoms with Crippen molar-refractivity contribution < 1.29 is 4.92 Å². The summed E-state index contributed by atoms with van der Waals surface area (Å²) < 4.78 is 0. The average molecular weight is 179 g/mol. The SMILES string of the molecule is O=c1cc[nH]c2[nH]cc([N+](=O)[O-])c12. The van der Waals surface area contributed by atoms with Crippen LogP contribution in [0, 0.1) is 10.1 Å². The van der Waals surface area contributed by atoms with Gasteiger partial charge in [-0.1, -0.05) is 0 Å². The maximum Gasteiger partial charge on any atom is 0.300 e. The number of pyridine rings is 1. The zero-order chi connectivity index (χ0) is 9.42. The van der Waals surface area contributed by atoms with Gasteiger partial charge in [-0.05, 0) is 0 Å². The average Bonchev–Trinajstić information content (AvgIpc) is 2.49. The molecule has 2 N–H and O–H groups in total. The topological polar surface area (TPSA) is 91.8 Å². The quantitative estimate of drug-likeness (QED) is 0.500. The van der Waals surface area contributed by atoms with Crippen molar-refractivity contribution in [3.63, 3.8) is 0 Å². The minimum absolute atomic E-state index is 0.0903. The van der Waals surface area contributed by atoms with E-state index in [1.54, 1.807) is 0 Å². The Hall–Kier alpha value is -2.11.